The predicted molar refractivity (Wildman–Crippen MR) is 112 cm³/mol. The second kappa shape index (κ2) is 7.55. The summed E-state index contributed by atoms with van der Waals surface area (Å²) < 4.78 is 11.6. The lowest BCUT2D eigenvalue weighted by Crippen LogP contribution is -2.32. The number of anilines is 1. The van der Waals surface area contributed by atoms with Crippen LogP contribution in [-0.4, -0.2) is 49.7 Å². The van der Waals surface area contributed by atoms with Crippen molar-refractivity contribution in [3.8, 4) is 11.5 Å². The third kappa shape index (κ3) is 3.14. The molecule has 5 rings (SSSR count). The minimum absolute atomic E-state index is 0.00681. The molecule has 0 spiro atoms. The molecule has 30 heavy (non-hydrogen) atoms. The van der Waals surface area contributed by atoms with E-state index in [-0.39, 0.29) is 18.0 Å². The van der Waals surface area contributed by atoms with Gasteiger partial charge in [-0.25, -0.2) is 4.79 Å². The van der Waals surface area contributed by atoms with Crippen molar-refractivity contribution in [2.24, 2.45) is 0 Å². The van der Waals surface area contributed by atoms with Crippen LogP contribution in [0, 0.1) is 6.92 Å². The van der Waals surface area contributed by atoms with Gasteiger partial charge in [-0.2, -0.15) is 0 Å². The maximum Gasteiger partial charge on any atom is 0.322 e. The SMILES string of the molecule is Cc1cc(C(=O)N2CCCC2c2cccc3c2OCCO3)ccc1N1CCNC1=O. The van der Waals surface area contributed by atoms with Crippen LogP contribution in [-0.2, 0) is 0 Å². The smallest absolute Gasteiger partial charge is 0.322 e. The molecule has 0 radical (unpaired) electrons. The van der Waals surface area contributed by atoms with Crippen molar-refractivity contribution in [2.75, 3.05) is 37.7 Å². The van der Waals surface area contributed by atoms with Crippen LogP contribution in [0.4, 0.5) is 10.5 Å². The van der Waals surface area contributed by atoms with Gasteiger partial charge in [-0.1, -0.05) is 12.1 Å². The lowest BCUT2D eigenvalue weighted by molar-refractivity contribution is 0.0731. The first kappa shape index (κ1) is 18.8. The minimum Gasteiger partial charge on any atom is -0.486 e. The average molecular weight is 407 g/mol. The number of benzene rings is 2. The summed E-state index contributed by atoms with van der Waals surface area (Å²) in [5.74, 6) is 1.52. The number of carbonyl (C=O) groups excluding carboxylic acids is 2. The highest BCUT2D eigenvalue weighted by Crippen LogP contribution is 2.43. The van der Waals surface area contributed by atoms with E-state index in [0.29, 0.717) is 38.4 Å². The predicted octanol–water partition coefficient (Wildman–Crippen LogP) is 3.27. The van der Waals surface area contributed by atoms with Gasteiger partial charge in [-0.3, -0.25) is 9.69 Å². The molecule has 0 saturated carbocycles. The van der Waals surface area contributed by atoms with Crippen molar-refractivity contribution >= 4 is 17.6 Å². The monoisotopic (exact) mass is 407 g/mol. The fourth-order valence-corrected chi connectivity index (χ4v) is 4.65. The fraction of sp³-hybridized carbons (Fsp3) is 0.391. The van der Waals surface area contributed by atoms with Gasteiger partial charge < -0.3 is 19.7 Å². The minimum atomic E-state index is -0.0900. The molecule has 3 amide bonds. The van der Waals surface area contributed by atoms with Crippen LogP contribution in [0.5, 0.6) is 11.5 Å². The zero-order valence-electron chi connectivity index (χ0n) is 17.0. The Morgan fingerprint density at radius 3 is 2.80 bits per heavy atom. The maximum absolute atomic E-state index is 13.4. The van der Waals surface area contributed by atoms with Crippen LogP contribution in [0.15, 0.2) is 36.4 Å². The van der Waals surface area contributed by atoms with E-state index < -0.39 is 0 Å². The van der Waals surface area contributed by atoms with E-state index in [0.717, 1.165) is 41.2 Å². The second-order valence-corrected chi connectivity index (χ2v) is 7.91. The zero-order valence-corrected chi connectivity index (χ0v) is 17.0. The molecule has 2 aromatic rings. The van der Waals surface area contributed by atoms with Crippen molar-refractivity contribution in [1.29, 1.82) is 0 Å². The first-order valence-corrected chi connectivity index (χ1v) is 10.5. The van der Waals surface area contributed by atoms with Crippen molar-refractivity contribution in [3.63, 3.8) is 0 Å². The van der Waals surface area contributed by atoms with Crippen molar-refractivity contribution in [3.05, 3.63) is 53.1 Å². The number of nitrogens with one attached hydrogen (secondary N) is 1. The molecule has 7 heteroatoms. The summed E-state index contributed by atoms with van der Waals surface area (Å²) in [4.78, 5) is 29.1. The van der Waals surface area contributed by atoms with E-state index in [9.17, 15) is 9.59 Å². The number of rotatable bonds is 3. The first-order chi connectivity index (χ1) is 14.6. The van der Waals surface area contributed by atoms with E-state index in [4.69, 9.17) is 9.47 Å². The van der Waals surface area contributed by atoms with Gasteiger partial charge in [-0.05, 0) is 49.6 Å². The molecule has 0 aromatic heterocycles. The molecule has 3 aliphatic rings. The summed E-state index contributed by atoms with van der Waals surface area (Å²) in [5, 5.41) is 2.82. The quantitative estimate of drug-likeness (QED) is 0.848. The Labute approximate surface area is 175 Å². The molecule has 3 aliphatic heterocycles. The summed E-state index contributed by atoms with van der Waals surface area (Å²) in [6.45, 7) is 5.01. The topological polar surface area (TPSA) is 71.1 Å². The van der Waals surface area contributed by atoms with Crippen molar-refractivity contribution in [1.82, 2.24) is 10.2 Å². The van der Waals surface area contributed by atoms with E-state index in [1.165, 1.54) is 0 Å². The highest BCUT2D eigenvalue weighted by Gasteiger charge is 2.34. The molecule has 1 N–H and O–H groups in total. The number of ether oxygens (including phenoxy) is 2. The molecule has 2 saturated heterocycles. The molecule has 1 unspecified atom stereocenters. The molecular formula is C23H25N3O4. The molecule has 0 bridgehead atoms. The molecular weight excluding hydrogens is 382 g/mol. The highest BCUT2D eigenvalue weighted by molar-refractivity contribution is 5.98. The fourth-order valence-electron chi connectivity index (χ4n) is 4.65. The van der Waals surface area contributed by atoms with Crippen LogP contribution < -0.4 is 19.7 Å². The maximum atomic E-state index is 13.4. The van der Waals surface area contributed by atoms with E-state index >= 15 is 0 Å². The lowest BCUT2D eigenvalue weighted by atomic mass is 10.0. The van der Waals surface area contributed by atoms with E-state index in [1.54, 1.807) is 4.90 Å². The third-order valence-corrected chi connectivity index (χ3v) is 6.06. The number of para-hydroxylation sites is 1. The third-order valence-electron chi connectivity index (χ3n) is 6.06. The number of urea groups is 1. The normalized spacial score (nSPS) is 20.4. The second-order valence-electron chi connectivity index (χ2n) is 7.91. The summed E-state index contributed by atoms with van der Waals surface area (Å²) in [6.07, 6.45) is 1.85. The number of nitrogens with zero attached hydrogens (tertiary/aromatic N) is 2. The number of hydrogen-bond acceptors (Lipinski definition) is 4. The zero-order chi connectivity index (χ0) is 20.7. The van der Waals surface area contributed by atoms with Crippen LogP contribution in [0.3, 0.4) is 0 Å². The van der Waals surface area contributed by atoms with Crippen LogP contribution >= 0.6 is 0 Å². The van der Waals surface area contributed by atoms with Gasteiger partial charge in [0.1, 0.15) is 13.2 Å². The van der Waals surface area contributed by atoms with Crippen LogP contribution in [0.25, 0.3) is 0 Å². The Kier molecular flexibility index (Phi) is 4.73. The molecule has 1 atom stereocenters. The standard InChI is InChI=1S/C23H25N3O4/c1-15-14-16(7-8-18(15)26-11-9-24-23(26)28)22(27)25-10-3-5-19(25)17-4-2-6-20-21(17)30-13-12-29-20/h2,4,6-8,14,19H,3,5,9-13H2,1H3,(H,24,28). The summed E-state index contributed by atoms with van der Waals surface area (Å²) in [6, 6.07) is 11.4. The number of hydrogen-bond donors (Lipinski definition) is 1. The number of aryl methyl sites for hydroxylation is 1. The molecule has 156 valence electrons. The molecule has 2 aromatic carbocycles. The van der Waals surface area contributed by atoms with E-state index in [2.05, 4.69) is 5.32 Å². The van der Waals surface area contributed by atoms with Gasteiger partial charge in [0.25, 0.3) is 5.91 Å². The van der Waals surface area contributed by atoms with Gasteiger partial charge in [0.2, 0.25) is 0 Å². The molecule has 7 nitrogen and oxygen atoms in total. The summed E-state index contributed by atoms with van der Waals surface area (Å²) in [5.41, 5.74) is 3.43. The van der Waals surface area contributed by atoms with Crippen molar-refractivity contribution in [2.45, 2.75) is 25.8 Å². The number of amides is 3. The summed E-state index contributed by atoms with van der Waals surface area (Å²) in [7, 11) is 0. The number of carbonyl (C=O) groups is 2. The lowest BCUT2D eigenvalue weighted by Gasteiger charge is -2.29. The molecule has 0 aliphatic carbocycles. The number of fused-ring (bicyclic) bond motifs is 1. The Hall–Kier alpha value is -3.22. The highest BCUT2D eigenvalue weighted by atomic mass is 16.6. The van der Waals surface area contributed by atoms with Gasteiger partial charge in [-0.15, -0.1) is 0 Å². The molecule has 3 heterocycles. The summed E-state index contributed by atoms with van der Waals surface area (Å²) >= 11 is 0. The van der Waals surface area contributed by atoms with Gasteiger partial charge >= 0.3 is 6.03 Å². The largest absolute Gasteiger partial charge is 0.486 e. The van der Waals surface area contributed by atoms with Gasteiger partial charge in [0, 0.05) is 36.4 Å². The van der Waals surface area contributed by atoms with Gasteiger partial charge in [0.15, 0.2) is 11.5 Å². The number of likely N-dealkylation sites (tertiary alicyclic amines) is 1. The Morgan fingerprint density at radius 2 is 2.00 bits per heavy atom. The van der Waals surface area contributed by atoms with Crippen LogP contribution in [0.1, 0.15) is 40.4 Å². The van der Waals surface area contributed by atoms with E-state index in [1.807, 2.05) is 48.2 Å². The van der Waals surface area contributed by atoms with Gasteiger partial charge in [0.05, 0.1) is 6.04 Å². The Bertz CT molecular complexity index is 1010. The Morgan fingerprint density at radius 1 is 1.13 bits per heavy atom. The average Bonchev–Trinajstić information content (AvgIpc) is 3.42. The first-order valence-electron chi connectivity index (χ1n) is 10.5. The molecule has 2 fully saturated rings. The van der Waals surface area contributed by atoms with Crippen LogP contribution in [0.2, 0.25) is 0 Å². The Balaban J connectivity index is 1.42. The van der Waals surface area contributed by atoms with Crippen molar-refractivity contribution < 1.29 is 19.1 Å².